The van der Waals surface area contributed by atoms with Crippen LogP contribution in [-0.4, -0.2) is 25.7 Å². The molecule has 0 aromatic heterocycles. The highest BCUT2D eigenvalue weighted by atomic mass is 19.1. The van der Waals surface area contributed by atoms with E-state index in [1.807, 2.05) is 36.4 Å². The molecule has 5 heteroatoms. The minimum Gasteiger partial charge on any atom is -0.493 e. The van der Waals surface area contributed by atoms with Gasteiger partial charge in [-0.2, -0.15) is 0 Å². The molecule has 0 saturated carbocycles. The maximum absolute atomic E-state index is 14.7. The molecule has 3 aromatic carbocycles. The van der Waals surface area contributed by atoms with Gasteiger partial charge in [0.05, 0.1) is 12.0 Å². The summed E-state index contributed by atoms with van der Waals surface area (Å²) in [5.41, 5.74) is 0.161. The first-order valence-corrected chi connectivity index (χ1v) is 10.8. The smallest absolute Gasteiger partial charge is 0.235 e. The van der Waals surface area contributed by atoms with Crippen molar-refractivity contribution < 1.29 is 18.7 Å². The molecule has 0 radical (unpaired) electrons. The van der Waals surface area contributed by atoms with Crippen LogP contribution >= 0.6 is 0 Å². The van der Waals surface area contributed by atoms with E-state index in [-0.39, 0.29) is 11.7 Å². The number of amides is 1. The second-order valence-electron chi connectivity index (χ2n) is 8.49. The van der Waals surface area contributed by atoms with Crippen molar-refractivity contribution >= 4 is 22.4 Å². The van der Waals surface area contributed by atoms with E-state index in [0.29, 0.717) is 49.8 Å². The third-order valence-corrected chi connectivity index (χ3v) is 5.87. The second kappa shape index (κ2) is 9.06. The number of anilines is 1. The lowest BCUT2D eigenvalue weighted by Crippen LogP contribution is -2.45. The van der Waals surface area contributed by atoms with Crippen LogP contribution in [0, 0.1) is 11.7 Å². The number of rotatable bonds is 6. The molecule has 162 valence electrons. The Bertz CT molecular complexity index is 1070. The van der Waals surface area contributed by atoms with E-state index in [0.717, 1.165) is 16.5 Å². The van der Waals surface area contributed by atoms with Crippen LogP contribution in [0.4, 0.5) is 10.1 Å². The monoisotopic (exact) mass is 421 g/mol. The molecule has 0 unspecified atom stereocenters. The lowest BCUT2D eigenvalue weighted by molar-refractivity contribution is -0.125. The predicted molar refractivity (Wildman–Crippen MR) is 121 cm³/mol. The minimum atomic E-state index is -0.961. The molecule has 1 heterocycles. The second-order valence-corrected chi connectivity index (χ2v) is 8.49. The van der Waals surface area contributed by atoms with Crippen LogP contribution < -0.4 is 10.1 Å². The van der Waals surface area contributed by atoms with Crippen molar-refractivity contribution in [1.82, 2.24) is 0 Å². The quantitative estimate of drug-likeness (QED) is 0.555. The Morgan fingerprint density at radius 1 is 1.03 bits per heavy atom. The van der Waals surface area contributed by atoms with Crippen molar-refractivity contribution in [1.29, 1.82) is 0 Å². The van der Waals surface area contributed by atoms with Gasteiger partial charge in [0.15, 0.2) is 0 Å². The topological polar surface area (TPSA) is 47.6 Å². The van der Waals surface area contributed by atoms with Gasteiger partial charge in [-0.1, -0.05) is 56.3 Å². The fourth-order valence-corrected chi connectivity index (χ4v) is 4.19. The lowest BCUT2D eigenvalue weighted by Gasteiger charge is -2.36. The summed E-state index contributed by atoms with van der Waals surface area (Å²) >= 11 is 0. The molecule has 0 spiro atoms. The summed E-state index contributed by atoms with van der Waals surface area (Å²) < 4.78 is 26.2. The maximum atomic E-state index is 14.7. The molecule has 4 nitrogen and oxygen atoms in total. The summed E-state index contributed by atoms with van der Waals surface area (Å²) in [6.45, 7) is 5.67. The number of hydrogen-bond donors (Lipinski definition) is 1. The molecule has 1 aliphatic heterocycles. The number of nitrogens with one attached hydrogen (secondary N) is 1. The largest absolute Gasteiger partial charge is 0.493 e. The van der Waals surface area contributed by atoms with Gasteiger partial charge in [-0.15, -0.1) is 0 Å². The normalized spacial score (nSPS) is 15.7. The van der Waals surface area contributed by atoms with E-state index in [9.17, 15) is 9.18 Å². The molecular formula is C26H28FNO3. The Morgan fingerprint density at radius 2 is 1.71 bits per heavy atom. The zero-order valence-electron chi connectivity index (χ0n) is 18.0. The van der Waals surface area contributed by atoms with Crippen LogP contribution in [0.25, 0.3) is 10.8 Å². The van der Waals surface area contributed by atoms with Crippen LogP contribution in [0.5, 0.6) is 5.75 Å². The van der Waals surface area contributed by atoms with Crippen LogP contribution in [0.3, 0.4) is 0 Å². The zero-order chi connectivity index (χ0) is 21.8. The Kier molecular flexibility index (Phi) is 6.23. The van der Waals surface area contributed by atoms with Crippen LogP contribution in [0.15, 0.2) is 60.7 Å². The van der Waals surface area contributed by atoms with Crippen molar-refractivity contribution in [2.24, 2.45) is 5.92 Å². The SMILES string of the molecule is CC(C)COc1ccc(NC(=O)C2(c3ccccc3F)CCOCC2)c2ccccc12. The zero-order valence-corrected chi connectivity index (χ0v) is 18.0. The van der Waals surface area contributed by atoms with Crippen molar-refractivity contribution in [3.8, 4) is 5.75 Å². The molecule has 4 rings (SSSR count). The van der Waals surface area contributed by atoms with Crippen molar-refractivity contribution in [3.63, 3.8) is 0 Å². The molecule has 1 amide bonds. The highest BCUT2D eigenvalue weighted by molar-refractivity contribution is 6.07. The van der Waals surface area contributed by atoms with E-state index in [4.69, 9.17) is 9.47 Å². The first-order chi connectivity index (χ1) is 15.0. The standard InChI is InChI=1S/C26H28FNO3/c1-18(2)17-31-24-12-11-23(19-7-3-4-8-20(19)24)28-25(29)26(13-15-30-16-14-26)21-9-5-6-10-22(21)27/h3-12,18H,13-17H2,1-2H3,(H,28,29). The predicted octanol–water partition coefficient (Wildman–Crippen LogP) is 5.70. The summed E-state index contributed by atoms with van der Waals surface area (Å²) in [4.78, 5) is 13.6. The summed E-state index contributed by atoms with van der Waals surface area (Å²) in [5.74, 6) is 0.633. The molecule has 1 aliphatic rings. The third-order valence-electron chi connectivity index (χ3n) is 5.87. The van der Waals surface area contributed by atoms with E-state index in [2.05, 4.69) is 19.2 Å². The molecule has 3 aromatic rings. The lowest BCUT2D eigenvalue weighted by atomic mass is 9.73. The number of carbonyl (C=O) groups excluding carboxylic acids is 1. The Balaban J connectivity index is 1.70. The average molecular weight is 422 g/mol. The summed E-state index contributed by atoms with van der Waals surface area (Å²) in [7, 11) is 0. The Labute approximate surface area is 182 Å². The molecule has 1 saturated heterocycles. The number of fused-ring (bicyclic) bond motifs is 1. The van der Waals surface area contributed by atoms with Crippen molar-refractivity contribution in [2.75, 3.05) is 25.1 Å². The fraction of sp³-hybridized carbons (Fsp3) is 0.346. The third kappa shape index (κ3) is 4.28. The highest BCUT2D eigenvalue weighted by Crippen LogP contribution is 2.39. The molecule has 1 fully saturated rings. The molecule has 1 N–H and O–H groups in total. The fourth-order valence-electron chi connectivity index (χ4n) is 4.19. The summed E-state index contributed by atoms with van der Waals surface area (Å²) in [6.07, 6.45) is 0.876. The Morgan fingerprint density at radius 3 is 2.42 bits per heavy atom. The summed E-state index contributed by atoms with van der Waals surface area (Å²) in [5, 5.41) is 4.93. The van der Waals surface area contributed by atoms with Gasteiger partial charge in [0, 0.05) is 35.2 Å². The van der Waals surface area contributed by atoms with Gasteiger partial charge >= 0.3 is 0 Å². The van der Waals surface area contributed by atoms with Gasteiger partial charge in [0.2, 0.25) is 5.91 Å². The van der Waals surface area contributed by atoms with Gasteiger partial charge in [0.25, 0.3) is 0 Å². The first kappa shape index (κ1) is 21.3. The number of halogens is 1. The number of carbonyl (C=O) groups is 1. The van der Waals surface area contributed by atoms with Gasteiger partial charge in [-0.05, 0) is 37.0 Å². The van der Waals surface area contributed by atoms with E-state index < -0.39 is 5.41 Å². The highest BCUT2D eigenvalue weighted by Gasteiger charge is 2.43. The number of ether oxygens (including phenoxy) is 2. The first-order valence-electron chi connectivity index (χ1n) is 10.8. The van der Waals surface area contributed by atoms with Gasteiger partial charge in [0.1, 0.15) is 11.6 Å². The van der Waals surface area contributed by atoms with E-state index in [1.165, 1.54) is 6.07 Å². The molecule has 0 aliphatic carbocycles. The molecule has 31 heavy (non-hydrogen) atoms. The van der Waals surface area contributed by atoms with E-state index >= 15 is 0 Å². The van der Waals surface area contributed by atoms with Gasteiger partial charge < -0.3 is 14.8 Å². The summed E-state index contributed by atoms with van der Waals surface area (Å²) in [6, 6.07) is 18.1. The van der Waals surface area contributed by atoms with Crippen molar-refractivity contribution in [3.05, 3.63) is 72.0 Å². The maximum Gasteiger partial charge on any atom is 0.235 e. The van der Waals surface area contributed by atoms with Crippen molar-refractivity contribution in [2.45, 2.75) is 32.1 Å². The van der Waals surface area contributed by atoms with Gasteiger partial charge in [-0.25, -0.2) is 4.39 Å². The van der Waals surface area contributed by atoms with Gasteiger partial charge in [-0.3, -0.25) is 4.79 Å². The van der Waals surface area contributed by atoms with E-state index in [1.54, 1.807) is 18.2 Å². The molecule has 0 bridgehead atoms. The average Bonchev–Trinajstić information content (AvgIpc) is 2.79. The molecule has 0 atom stereocenters. The number of hydrogen-bond acceptors (Lipinski definition) is 3. The molecular weight excluding hydrogens is 393 g/mol. The van der Waals surface area contributed by atoms with Crippen LogP contribution in [0.1, 0.15) is 32.3 Å². The number of benzene rings is 3. The minimum absolute atomic E-state index is 0.207. The van der Waals surface area contributed by atoms with Crippen LogP contribution in [0.2, 0.25) is 0 Å². The Hall–Kier alpha value is -2.92. The van der Waals surface area contributed by atoms with Crippen LogP contribution in [-0.2, 0) is 14.9 Å².